The molecule has 1 aliphatic heterocycles. The Hall–Kier alpha value is -2.72. The van der Waals surface area contributed by atoms with Crippen LogP contribution in [0, 0.1) is 11.7 Å². The van der Waals surface area contributed by atoms with Crippen molar-refractivity contribution in [1.29, 1.82) is 0 Å². The van der Waals surface area contributed by atoms with Gasteiger partial charge in [0.2, 0.25) is 11.8 Å². The molecule has 2 aromatic rings. The van der Waals surface area contributed by atoms with Crippen molar-refractivity contribution in [3.63, 3.8) is 0 Å². The number of rotatable bonds is 12. The highest BCUT2D eigenvalue weighted by Gasteiger charge is 2.35. The van der Waals surface area contributed by atoms with Gasteiger partial charge in [-0.15, -0.1) is 0 Å². The highest BCUT2D eigenvalue weighted by atomic mass is 35.5. The smallest absolute Gasteiger partial charge is 0.245 e. The van der Waals surface area contributed by atoms with Crippen LogP contribution < -0.4 is 21.1 Å². The summed E-state index contributed by atoms with van der Waals surface area (Å²) >= 11 is 6.13. The second-order valence-electron chi connectivity index (χ2n) is 11.0. The molecule has 41 heavy (non-hydrogen) atoms. The summed E-state index contributed by atoms with van der Waals surface area (Å²) < 4.78 is 19.5. The van der Waals surface area contributed by atoms with Gasteiger partial charge in [-0.05, 0) is 49.1 Å². The first kappa shape index (κ1) is 31.2. The maximum Gasteiger partial charge on any atom is 0.245 e. The molecule has 8 nitrogen and oxygen atoms in total. The number of carbonyl (C=O) groups is 2. The number of halogens is 2. The molecule has 3 unspecified atom stereocenters. The SMILES string of the molecule is COc1cc(Cl)ccc1CC(NC(=O)CCN)C(=O)N1CCN(C2CCCCC2CNCc2ccccc2F)CC1. The number of methoxy groups -OCH3 is 1. The summed E-state index contributed by atoms with van der Waals surface area (Å²) in [5.74, 6) is 0.552. The zero-order chi connectivity index (χ0) is 29.2. The van der Waals surface area contributed by atoms with Gasteiger partial charge in [-0.25, -0.2) is 4.39 Å². The summed E-state index contributed by atoms with van der Waals surface area (Å²) in [5.41, 5.74) is 7.08. The zero-order valence-electron chi connectivity index (χ0n) is 23.9. The van der Waals surface area contributed by atoms with Crippen LogP contribution >= 0.6 is 11.6 Å². The second kappa shape index (κ2) is 15.5. The molecule has 1 heterocycles. The van der Waals surface area contributed by atoms with Gasteiger partial charge in [0.05, 0.1) is 7.11 Å². The number of nitrogens with one attached hydrogen (secondary N) is 2. The minimum absolute atomic E-state index is 0.0984. The lowest BCUT2D eigenvalue weighted by Gasteiger charge is -2.45. The summed E-state index contributed by atoms with van der Waals surface area (Å²) in [6, 6.07) is 11.9. The molecule has 1 saturated carbocycles. The van der Waals surface area contributed by atoms with Crippen LogP contribution in [0.4, 0.5) is 4.39 Å². The predicted molar refractivity (Wildman–Crippen MR) is 159 cm³/mol. The van der Waals surface area contributed by atoms with Crippen LogP contribution in [0.15, 0.2) is 42.5 Å². The van der Waals surface area contributed by atoms with Crippen molar-refractivity contribution < 1.29 is 18.7 Å². The van der Waals surface area contributed by atoms with Gasteiger partial charge >= 0.3 is 0 Å². The molecule has 10 heteroatoms. The second-order valence-corrected chi connectivity index (χ2v) is 11.5. The Kier molecular flexibility index (Phi) is 11.8. The molecule has 4 rings (SSSR count). The summed E-state index contributed by atoms with van der Waals surface area (Å²) in [4.78, 5) is 30.6. The largest absolute Gasteiger partial charge is 0.496 e. The third-order valence-corrected chi connectivity index (χ3v) is 8.56. The fraction of sp³-hybridized carbons (Fsp3) is 0.548. The van der Waals surface area contributed by atoms with Crippen LogP contribution in [-0.4, -0.2) is 80.1 Å². The van der Waals surface area contributed by atoms with Crippen molar-refractivity contribution in [1.82, 2.24) is 20.4 Å². The molecule has 0 spiro atoms. The number of hydrogen-bond donors (Lipinski definition) is 3. The van der Waals surface area contributed by atoms with Gasteiger partial charge in [0.25, 0.3) is 0 Å². The third kappa shape index (κ3) is 8.64. The van der Waals surface area contributed by atoms with Gasteiger partial charge in [0, 0.05) is 68.7 Å². The van der Waals surface area contributed by atoms with Gasteiger partial charge in [-0.2, -0.15) is 0 Å². The fourth-order valence-electron chi connectivity index (χ4n) is 6.14. The first-order valence-corrected chi connectivity index (χ1v) is 15.1. The molecule has 3 atom stereocenters. The van der Waals surface area contributed by atoms with Crippen molar-refractivity contribution in [3.05, 3.63) is 64.4 Å². The fourth-order valence-corrected chi connectivity index (χ4v) is 6.30. The standard InChI is InChI=1S/C31H43ClFN5O3/c1-41-29-19-25(32)11-10-22(29)18-27(36-30(39)12-13-34)31(40)38-16-14-37(15-17-38)28-9-5-3-7-24(28)21-35-20-23-6-2-4-8-26(23)33/h2,4,6,8,10-11,19,24,27-28,35H,3,5,7,9,12-18,20-21,34H2,1H3,(H,36,39). The molecule has 1 saturated heterocycles. The molecule has 0 aromatic heterocycles. The molecule has 2 aromatic carbocycles. The van der Waals surface area contributed by atoms with Crippen LogP contribution in [0.25, 0.3) is 0 Å². The molecule has 2 aliphatic rings. The lowest BCUT2D eigenvalue weighted by atomic mass is 9.83. The summed E-state index contributed by atoms with van der Waals surface area (Å²) in [7, 11) is 1.56. The predicted octanol–water partition coefficient (Wildman–Crippen LogP) is 3.36. The maximum absolute atomic E-state index is 14.0. The minimum Gasteiger partial charge on any atom is -0.496 e. The lowest BCUT2D eigenvalue weighted by molar-refractivity contribution is -0.138. The number of piperazine rings is 1. The zero-order valence-corrected chi connectivity index (χ0v) is 24.7. The van der Waals surface area contributed by atoms with Gasteiger partial charge in [0.1, 0.15) is 17.6 Å². The van der Waals surface area contributed by atoms with Crippen molar-refractivity contribution in [2.75, 3.05) is 46.4 Å². The van der Waals surface area contributed by atoms with E-state index in [0.29, 0.717) is 54.4 Å². The van der Waals surface area contributed by atoms with E-state index in [0.717, 1.165) is 38.0 Å². The summed E-state index contributed by atoms with van der Waals surface area (Å²) in [6.07, 6.45) is 5.14. The molecular formula is C31H43ClFN5O3. The van der Waals surface area contributed by atoms with Crippen LogP contribution in [0.1, 0.15) is 43.2 Å². The van der Waals surface area contributed by atoms with Crippen LogP contribution in [0.2, 0.25) is 5.02 Å². The molecule has 2 amide bonds. The Balaban J connectivity index is 1.36. The molecule has 224 valence electrons. The highest BCUT2D eigenvalue weighted by Crippen LogP contribution is 2.30. The van der Waals surface area contributed by atoms with Crippen molar-refractivity contribution >= 4 is 23.4 Å². The number of amides is 2. The average molecular weight is 588 g/mol. The Morgan fingerprint density at radius 2 is 1.85 bits per heavy atom. The molecule has 2 fully saturated rings. The van der Waals surface area contributed by atoms with Crippen LogP contribution in [0.3, 0.4) is 0 Å². The van der Waals surface area contributed by atoms with E-state index in [2.05, 4.69) is 15.5 Å². The Morgan fingerprint density at radius 3 is 2.59 bits per heavy atom. The lowest BCUT2D eigenvalue weighted by Crippen LogP contribution is -2.58. The van der Waals surface area contributed by atoms with E-state index in [1.165, 1.54) is 18.9 Å². The van der Waals surface area contributed by atoms with Crippen LogP contribution in [-0.2, 0) is 22.6 Å². The number of ether oxygens (including phenoxy) is 1. The molecule has 1 aliphatic carbocycles. The molecule has 0 bridgehead atoms. The van der Waals surface area contributed by atoms with Crippen LogP contribution in [0.5, 0.6) is 5.75 Å². The van der Waals surface area contributed by atoms with E-state index in [1.54, 1.807) is 25.3 Å². The number of hydrogen-bond acceptors (Lipinski definition) is 6. The quantitative estimate of drug-likeness (QED) is 0.352. The van der Waals surface area contributed by atoms with E-state index < -0.39 is 6.04 Å². The Bertz CT molecular complexity index is 1160. The third-order valence-electron chi connectivity index (χ3n) is 8.32. The average Bonchev–Trinajstić information content (AvgIpc) is 2.98. The molecular weight excluding hydrogens is 545 g/mol. The van der Waals surface area contributed by atoms with Gasteiger partial charge in [-0.1, -0.05) is 48.7 Å². The Labute approximate surface area is 247 Å². The first-order chi connectivity index (χ1) is 19.9. The van der Waals surface area contributed by atoms with Gasteiger partial charge in [0.15, 0.2) is 0 Å². The van der Waals surface area contributed by atoms with E-state index >= 15 is 0 Å². The monoisotopic (exact) mass is 587 g/mol. The molecule has 0 radical (unpaired) electrons. The van der Waals surface area contributed by atoms with Gasteiger partial charge in [-0.3, -0.25) is 14.5 Å². The van der Waals surface area contributed by atoms with E-state index in [4.69, 9.17) is 22.1 Å². The summed E-state index contributed by atoms with van der Waals surface area (Å²) in [5, 5.41) is 6.94. The minimum atomic E-state index is -0.722. The number of nitrogens with zero attached hydrogens (tertiary/aromatic N) is 2. The van der Waals surface area contributed by atoms with E-state index in [9.17, 15) is 14.0 Å². The van der Waals surface area contributed by atoms with Crippen molar-refractivity contribution in [2.24, 2.45) is 11.7 Å². The van der Waals surface area contributed by atoms with E-state index in [1.807, 2.05) is 23.1 Å². The topological polar surface area (TPSA) is 99.9 Å². The van der Waals surface area contributed by atoms with E-state index in [-0.39, 0.29) is 30.6 Å². The first-order valence-electron chi connectivity index (χ1n) is 14.7. The summed E-state index contributed by atoms with van der Waals surface area (Å²) in [6.45, 7) is 4.36. The highest BCUT2D eigenvalue weighted by molar-refractivity contribution is 6.30. The Morgan fingerprint density at radius 1 is 1.10 bits per heavy atom. The number of nitrogens with two attached hydrogens (primary N) is 1. The maximum atomic E-state index is 14.0. The van der Waals surface area contributed by atoms with Crippen molar-refractivity contribution in [2.45, 2.75) is 57.2 Å². The number of carbonyl (C=O) groups excluding carboxylic acids is 2. The normalized spacial score (nSPS) is 20.4. The van der Waals surface area contributed by atoms with Gasteiger partial charge < -0.3 is 26.0 Å². The van der Waals surface area contributed by atoms with Crippen molar-refractivity contribution in [3.8, 4) is 5.75 Å². The number of benzene rings is 2. The molecule has 4 N–H and O–H groups in total.